The number of hydrogen-bond donors (Lipinski definition) is 1. The van der Waals surface area contributed by atoms with Gasteiger partial charge in [0, 0.05) is 12.5 Å². The second kappa shape index (κ2) is 4.34. The number of rotatable bonds is 2. The molecule has 0 fully saturated rings. The molecule has 0 aliphatic heterocycles. The number of hydrogen-bond acceptors (Lipinski definition) is 1. The predicted octanol–water partition coefficient (Wildman–Crippen LogP) is 4.07. The van der Waals surface area contributed by atoms with E-state index in [1.54, 1.807) is 0 Å². The van der Waals surface area contributed by atoms with Crippen molar-refractivity contribution in [1.29, 1.82) is 0 Å². The van der Waals surface area contributed by atoms with Crippen molar-refractivity contribution in [2.24, 2.45) is 11.3 Å². The first-order valence-corrected chi connectivity index (χ1v) is 6.11. The van der Waals surface area contributed by atoms with Crippen LogP contribution in [0, 0.1) is 23.0 Å². The van der Waals surface area contributed by atoms with Crippen LogP contribution in [0.5, 0.6) is 0 Å². The zero-order valence-corrected chi connectivity index (χ0v) is 11.1. The topological polar surface area (TPSA) is 28.7 Å². The molecule has 1 aromatic heterocycles. The van der Waals surface area contributed by atoms with Gasteiger partial charge in [0.15, 0.2) is 5.82 Å². The maximum Gasteiger partial charge on any atom is 0.153 e. The van der Waals surface area contributed by atoms with Crippen molar-refractivity contribution in [3.63, 3.8) is 0 Å². The number of imidazole rings is 1. The van der Waals surface area contributed by atoms with Gasteiger partial charge in [-0.25, -0.2) is 13.8 Å². The van der Waals surface area contributed by atoms with E-state index >= 15 is 0 Å². The van der Waals surface area contributed by atoms with E-state index in [9.17, 15) is 8.78 Å². The molecule has 18 heavy (non-hydrogen) atoms. The van der Waals surface area contributed by atoms with E-state index in [1.807, 2.05) is 0 Å². The molecule has 2 rings (SSSR count). The molecule has 1 atom stereocenters. The minimum atomic E-state index is -0.615. The Balaban J connectivity index is 2.34. The van der Waals surface area contributed by atoms with Crippen LogP contribution in [0.1, 0.15) is 33.5 Å². The fourth-order valence-corrected chi connectivity index (χ4v) is 1.79. The van der Waals surface area contributed by atoms with Crippen molar-refractivity contribution >= 4 is 11.0 Å². The van der Waals surface area contributed by atoms with Gasteiger partial charge < -0.3 is 4.98 Å². The number of aromatic amines is 1. The molecular weight excluding hydrogens is 234 g/mol. The lowest BCUT2D eigenvalue weighted by Gasteiger charge is -2.26. The van der Waals surface area contributed by atoms with Crippen molar-refractivity contribution in [2.75, 3.05) is 0 Å². The van der Waals surface area contributed by atoms with E-state index in [0.29, 0.717) is 17.3 Å². The summed E-state index contributed by atoms with van der Waals surface area (Å²) in [4.78, 5) is 7.20. The van der Waals surface area contributed by atoms with Gasteiger partial charge in [-0.3, -0.25) is 0 Å². The van der Waals surface area contributed by atoms with E-state index in [0.717, 1.165) is 12.5 Å². The van der Waals surface area contributed by atoms with Gasteiger partial charge in [-0.05, 0) is 17.4 Å². The summed E-state index contributed by atoms with van der Waals surface area (Å²) < 4.78 is 26.6. The SMILES string of the molecule is CC(Cc1nc2c(F)cc(F)cc2[nH]1)C(C)(C)C. The fraction of sp³-hybridized carbons (Fsp3) is 0.500. The quantitative estimate of drug-likeness (QED) is 0.857. The third-order valence-corrected chi connectivity index (χ3v) is 3.53. The largest absolute Gasteiger partial charge is 0.342 e. The molecule has 1 N–H and O–H groups in total. The van der Waals surface area contributed by atoms with Crippen LogP contribution in [0.15, 0.2) is 12.1 Å². The molecule has 0 saturated heterocycles. The molecule has 0 spiro atoms. The molecule has 1 aromatic carbocycles. The molecule has 98 valence electrons. The van der Waals surface area contributed by atoms with Crippen LogP contribution in [0.25, 0.3) is 11.0 Å². The van der Waals surface area contributed by atoms with Gasteiger partial charge in [0.05, 0.1) is 5.52 Å². The van der Waals surface area contributed by atoms with E-state index in [1.165, 1.54) is 6.07 Å². The normalized spacial score (nSPS) is 14.1. The minimum absolute atomic E-state index is 0.156. The first-order chi connectivity index (χ1) is 8.27. The zero-order valence-electron chi connectivity index (χ0n) is 11.1. The lowest BCUT2D eigenvalue weighted by Crippen LogP contribution is -2.19. The van der Waals surface area contributed by atoms with Crippen LogP contribution in [-0.2, 0) is 6.42 Å². The Morgan fingerprint density at radius 2 is 1.94 bits per heavy atom. The number of halogens is 2. The molecule has 1 unspecified atom stereocenters. The minimum Gasteiger partial charge on any atom is -0.342 e. The number of aromatic nitrogens is 2. The monoisotopic (exact) mass is 252 g/mol. The molecular formula is C14H18F2N2. The molecule has 0 aliphatic rings. The van der Waals surface area contributed by atoms with Crippen molar-refractivity contribution < 1.29 is 8.78 Å². The summed E-state index contributed by atoms with van der Waals surface area (Å²) in [5.74, 6) is -0.0992. The van der Waals surface area contributed by atoms with Crippen molar-refractivity contribution in [3.05, 3.63) is 29.6 Å². The van der Waals surface area contributed by atoms with Crippen LogP contribution in [0.3, 0.4) is 0 Å². The summed E-state index contributed by atoms with van der Waals surface area (Å²) in [6.07, 6.45) is 0.721. The molecule has 4 heteroatoms. The molecule has 0 amide bonds. The molecule has 0 saturated carbocycles. The Morgan fingerprint density at radius 1 is 1.28 bits per heavy atom. The third-order valence-electron chi connectivity index (χ3n) is 3.53. The Kier molecular flexibility index (Phi) is 3.13. The van der Waals surface area contributed by atoms with Gasteiger partial charge in [0.1, 0.15) is 17.2 Å². The third kappa shape index (κ3) is 2.52. The average Bonchev–Trinajstić information content (AvgIpc) is 2.58. The summed E-state index contributed by atoms with van der Waals surface area (Å²) in [6.45, 7) is 8.59. The lowest BCUT2D eigenvalue weighted by atomic mass is 9.80. The lowest BCUT2D eigenvalue weighted by molar-refractivity contribution is 0.257. The second-order valence-electron chi connectivity index (χ2n) is 5.94. The Hall–Kier alpha value is -1.45. The highest BCUT2D eigenvalue weighted by molar-refractivity contribution is 5.75. The van der Waals surface area contributed by atoms with Crippen molar-refractivity contribution in [1.82, 2.24) is 9.97 Å². The first-order valence-electron chi connectivity index (χ1n) is 6.11. The maximum atomic E-state index is 13.5. The van der Waals surface area contributed by atoms with Gasteiger partial charge in [0.25, 0.3) is 0 Å². The summed E-state index contributed by atoms with van der Waals surface area (Å²) in [5, 5.41) is 0. The predicted molar refractivity (Wildman–Crippen MR) is 68.3 cm³/mol. The molecule has 0 bridgehead atoms. The van der Waals surface area contributed by atoms with Crippen LogP contribution in [0.4, 0.5) is 8.78 Å². The first kappa shape index (κ1) is 13.0. The number of nitrogens with zero attached hydrogens (tertiary/aromatic N) is 1. The van der Waals surface area contributed by atoms with E-state index < -0.39 is 11.6 Å². The summed E-state index contributed by atoms with van der Waals surface area (Å²) in [6, 6.07) is 2.14. The van der Waals surface area contributed by atoms with Gasteiger partial charge in [-0.2, -0.15) is 0 Å². The number of fused-ring (bicyclic) bond motifs is 1. The zero-order chi connectivity index (χ0) is 13.5. The van der Waals surface area contributed by atoms with Crippen LogP contribution < -0.4 is 0 Å². The summed E-state index contributed by atoms with van der Waals surface area (Å²) >= 11 is 0. The van der Waals surface area contributed by atoms with Gasteiger partial charge >= 0.3 is 0 Å². The number of benzene rings is 1. The van der Waals surface area contributed by atoms with Crippen molar-refractivity contribution in [2.45, 2.75) is 34.1 Å². The standard InChI is InChI=1S/C14H18F2N2/c1-8(14(2,3)4)5-12-17-11-7-9(15)6-10(16)13(11)18-12/h6-8H,5H2,1-4H3,(H,17,18). The second-order valence-corrected chi connectivity index (χ2v) is 5.94. The number of nitrogens with one attached hydrogen (secondary N) is 1. The summed E-state index contributed by atoms with van der Waals surface area (Å²) in [5.41, 5.74) is 0.791. The maximum absolute atomic E-state index is 13.5. The van der Waals surface area contributed by atoms with Crippen LogP contribution in [-0.4, -0.2) is 9.97 Å². The number of H-pyrrole nitrogens is 1. The Bertz CT molecular complexity index is 567. The average molecular weight is 252 g/mol. The molecule has 2 aromatic rings. The molecule has 1 heterocycles. The molecule has 0 aliphatic carbocycles. The van der Waals surface area contributed by atoms with Gasteiger partial charge in [-0.15, -0.1) is 0 Å². The van der Waals surface area contributed by atoms with E-state index in [-0.39, 0.29) is 10.9 Å². The van der Waals surface area contributed by atoms with Crippen LogP contribution >= 0.6 is 0 Å². The Labute approximate surface area is 105 Å². The molecule has 0 radical (unpaired) electrons. The van der Waals surface area contributed by atoms with E-state index in [4.69, 9.17) is 0 Å². The van der Waals surface area contributed by atoms with Crippen molar-refractivity contribution in [3.8, 4) is 0 Å². The van der Waals surface area contributed by atoms with Crippen LogP contribution in [0.2, 0.25) is 0 Å². The highest BCUT2D eigenvalue weighted by atomic mass is 19.1. The summed E-state index contributed by atoms with van der Waals surface area (Å²) in [7, 11) is 0. The van der Waals surface area contributed by atoms with Gasteiger partial charge in [-0.1, -0.05) is 27.7 Å². The fourth-order valence-electron chi connectivity index (χ4n) is 1.79. The molecule has 2 nitrogen and oxygen atoms in total. The van der Waals surface area contributed by atoms with Gasteiger partial charge in [0.2, 0.25) is 0 Å². The highest BCUT2D eigenvalue weighted by Crippen LogP contribution is 2.28. The smallest absolute Gasteiger partial charge is 0.153 e. The Morgan fingerprint density at radius 3 is 2.56 bits per heavy atom. The highest BCUT2D eigenvalue weighted by Gasteiger charge is 2.22. The van der Waals surface area contributed by atoms with E-state index in [2.05, 4.69) is 37.7 Å².